The van der Waals surface area contributed by atoms with Gasteiger partial charge in [-0.3, -0.25) is 4.90 Å². The van der Waals surface area contributed by atoms with Crippen molar-refractivity contribution in [1.82, 2.24) is 4.90 Å². The van der Waals surface area contributed by atoms with Crippen LogP contribution in [0, 0.1) is 0 Å². The highest BCUT2D eigenvalue weighted by atomic mass is 16.3. The minimum Gasteiger partial charge on any atom is -0.396 e. The van der Waals surface area contributed by atoms with Gasteiger partial charge in [-0.05, 0) is 25.8 Å². The number of hydrogen-bond donors (Lipinski definition) is 2. The lowest BCUT2D eigenvalue weighted by Gasteiger charge is -2.46. The van der Waals surface area contributed by atoms with Gasteiger partial charge in [0.15, 0.2) is 0 Å². The molecular weight excluding hydrogens is 154 g/mol. The molecule has 1 aliphatic rings. The minimum absolute atomic E-state index is 0.284. The molecule has 0 atom stereocenters. The van der Waals surface area contributed by atoms with Crippen LogP contribution in [0.25, 0.3) is 0 Å². The van der Waals surface area contributed by atoms with Gasteiger partial charge in [0, 0.05) is 19.7 Å². The van der Waals surface area contributed by atoms with Crippen molar-refractivity contribution >= 4 is 0 Å². The molecule has 0 aromatic rings. The molecule has 12 heavy (non-hydrogen) atoms. The lowest BCUT2D eigenvalue weighted by molar-refractivity contribution is -0.0996. The van der Waals surface area contributed by atoms with Crippen LogP contribution in [0.5, 0.6) is 0 Å². The average molecular weight is 173 g/mol. The molecule has 1 fully saturated rings. The van der Waals surface area contributed by atoms with Crippen molar-refractivity contribution in [1.29, 1.82) is 0 Å². The van der Waals surface area contributed by atoms with Crippen LogP contribution < -0.4 is 0 Å². The quantitative estimate of drug-likeness (QED) is 0.584. The molecule has 0 unspecified atom stereocenters. The molecule has 1 aliphatic heterocycles. The summed E-state index contributed by atoms with van der Waals surface area (Å²) in [6.45, 7) is 4.95. The first-order valence-electron chi connectivity index (χ1n) is 4.76. The molecule has 3 nitrogen and oxygen atoms in total. The zero-order valence-electron chi connectivity index (χ0n) is 7.79. The Kier molecular flexibility index (Phi) is 3.50. The van der Waals surface area contributed by atoms with Crippen LogP contribution in [-0.2, 0) is 0 Å². The number of likely N-dealkylation sites (tertiary alicyclic amines) is 1. The Hall–Kier alpha value is -0.120. The van der Waals surface area contributed by atoms with E-state index in [0.717, 1.165) is 38.9 Å². The summed E-state index contributed by atoms with van der Waals surface area (Å²) in [6, 6.07) is 0. The standard InChI is InChI=1S/C9H19NO2/c1-2-9(12)7-10(8-9)5-3-4-6-11/h11-12H,2-8H2,1H3. The van der Waals surface area contributed by atoms with Gasteiger partial charge in [0.2, 0.25) is 0 Å². The maximum absolute atomic E-state index is 9.65. The molecule has 0 saturated carbocycles. The maximum atomic E-state index is 9.65. The van der Waals surface area contributed by atoms with E-state index < -0.39 is 5.60 Å². The Bertz CT molecular complexity index is 132. The van der Waals surface area contributed by atoms with Gasteiger partial charge in [-0.2, -0.15) is 0 Å². The third-order valence-electron chi connectivity index (χ3n) is 2.58. The summed E-state index contributed by atoms with van der Waals surface area (Å²) >= 11 is 0. The summed E-state index contributed by atoms with van der Waals surface area (Å²) in [5, 5.41) is 18.2. The predicted molar refractivity (Wildman–Crippen MR) is 48.0 cm³/mol. The van der Waals surface area contributed by atoms with E-state index in [1.165, 1.54) is 0 Å². The van der Waals surface area contributed by atoms with Crippen LogP contribution in [0.15, 0.2) is 0 Å². The Morgan fingerprint density at radius 1 is 1.33 bits per heavy atom. The van der Waals surface area contributed by atoms with Crippen LogP contribution in [0.4, 0.5) is 0 Å². The van der Waals surface area contributed by atoms with Crippen molar-refractivity contribution in [2.75, 3.05) is 26.2 Å². The van der Waals surface area contributed by atoms with Crippen LogP contribution >= 0.6 is 0 Å². The second-order valence-electron chi connectivity index (χ2n) is 3.72. The lowest BCUT2D eigenvalue weighted by atomic mass is 9.91. The van der Waals surface area contributed by atoms with Crippen molar-refractivity contribution in [3.63, 3.8) is 0 Å². The van der Waals surface area contributed by atoms with Crippen molar-refractivity contribution in [2.45, 2.75) is 31.8 Å². The van der Waals surface area contributed by atoms with Crippen molar-refractivity contribution < 1.29 is 10.2 Å². The Labute approximate surface area is 74.0 Å². The van der Waals surface area contributed by atoms with E-state index in [4.69, 9.17) is 5.11 Å². The van der Waals surface area contributed by atoms with E-state index in [-0.39, 0.29) is 6.61 Å². The zero-order chi connectivity index (χ0) is 9.03. The van der Waals surface area contributed by atoms with Crippen LogP contribution in [0.3, 0.4) is 0 Å². The predicted octanol–water partition coefficient (Wildman–Crippen LogP) is 0.216. The van der Waals surface area contributed by atoms with Crippen molar-refractivity contribution in [2.24, 2.45) is 0 Å². The zero-order valence-corrected chi connectivity index (χ0v) is 7.79. The highest BCUT2D eigenvalue weighted by Crippen LogP contribution is 2.23. The van der Waals surface area contributed by atoms with Gasteiger partial charge in [0.1, 0.15) is 0 Å². The fourth-order valence-corrected chi connectivity index (χ4v) is 1.62. The molecule has 1 rings (SSSR count). The smallest absolute Gasteiger partial charge is 0.0897 e. The number of aliphatic hydroxyl groups excluding tert-OH is 1. The van der Waals surface area contributed by atoms with E-state index in [1.807, 2.05) is 6.92 Å². The lowest BCUT2D eigenvalue weighted by Crippen LogP contribution is -2.61. The van der Waals surface area contributed by atoms with E-state index in [0.29, 0.717) is 0 Å². The fourth-order valence-electron chi connectivity index (χ4n) is 1.62. The van der Waals surface area contributed by atoms with Crippen LogP contribution in [0.1, 0.15) is 26.2 Å². The van der Waals surface area contributed by atoms with Gasteiger partial charge in [0.25, 0.3) is 0 Å². The van der Waals surface area contributed by atoms with Crippen molar-refractivity contribution in [3.05, 3.63) is 0 Å². The van der Waals surface area contributed by atoms with E-state index in [1.54, 1.807) is 0 Å². The molecule has 2 N–H and O–H groups in total. The van der Waals surface area contributed by atoms with E-state index in [2.05, 4.69) is 4.90 Å². The molecule has 0 aromatic heterocycles. The van der Waals surface area contributed by atoms with E-state index in [9.17, 15) is 5.11 Å². The largest absolute Gasteiger partial charge is 0.396 e. The summed E-state index contributed by atoms with van der Waals surface area (Å²) < 4.78 is 0. The van der Waals surface area contributed by atoms with Gasteiger partial charge in [-0.25, -0.2) is 0 Å². The minimum atomic E-state index is -0.404. The number of nitrogens with zero attached hydrogens (tertiary/aromatic N) is 1. The molecule has 3 heteroatoms. The number of aliphatic hydroxyl groups is 2. The second kappa shape index (κ2) is 4.21. The van der Waals surface area contributed by atoms with Gasteiger partial charge >= 0.3 is 0 Å². The first kappa shape index (κ1) is 9.96. The summed E-state index contributed by atoms with van der Waals surface area (Å²) in [6.07, 6.45) is 2.76. The first-order valence-corrected chi connectivity index (χ1v) is 4.76. The van der Waals surface area contributed by atoms with Crippen molar-refractivity contribution in [3.8, 4) is 0 Å². The highest BCUT2D eigenvalue weighted by molar-refractivity contribution is 4.93. The van der Waals surface area contributed by atoms with Crippen LogP contribution in [-0.4, -0.2) is 47.0 Å². The third-order valence-corrected chi connectivity index (χ3v) is 2.58. The monoisotopic (exact) mass is 173 g/mol. The van der Waals surface area contributed by atoms with E-state index >= 15 is 0 Å². The Balaban J connectivity index is 2.02. The normalized spacial score (nSPS) is 22.2. The summed E-state index contributed by atoms with van der Waals surface area (Å²) in [5.74, 6) is 0. The third kappa shape index (κ3) is 2.44. The molecule has 0 spiro atoms. The fraction of sp³-hybridized carbons (Fsp3) is 1.00. The maximum Gasteiger partial charge on any atom is 0.0897 e. The summed E-state index contributed by atoms with van der Waals surface area (Å²) in [4.78, 5) is 2.24. The molecule has 72 valence electrons. The number of β-amino-alcohol motifs (C(OH)–C–C–N with tert-alkyl or cyclic N) is 1. The molecule has 1 heterocycles. The van der Waals surface area contributed by atoms with Gasteiger partial charge in [-0.15, -0.1) is 0 Å². The Morgan fingerprint density at radius 2 is 2.00 bits per heavy atom. The second-order valence-corrected chi connectivity index (χ2v) is 3.72. The summed E-state index contributed by atoms with van der Waals surface area (Å²) in [7, 11) is 0. The molecule has 0 bridgehead atoms. The first-order chi connectivity index (χ1) is 5.70. The molecule has 0 amide bonds. The average Bonchev–Trinajstić information content (AvgIpc) is 2.01. The number of unbranched alkanes of at least 4 members (excludes halogenated alkanes) is 1. The molecule has 0 aromatic carbocycles. The number of rotatable bonds is 5. The van der Waals surface area contributed by atoms with Crippen LogP contribution in [0.2, 0.25) is 0 Å². The van der Waals surface area contributed by atoms with Gasteiger partial charge in [0.05, 0.1) is 5.60 Å². The van der Waals surface area contributed by atoms with Gasteiger partial charge < -0.3 is 10.2 Å². The molecular formula is C9H19NO2. The topological polar surface area (TPSA) is 43.7 Å². The summed E-state index contributed by atoms with van der Waals surface area (Å²) in [5.41, 5.74) is -0.404. The molecule has 0 aliphatic carbocycles. The molecule has 0 radical (unpaired) electrons. The Morgan fingerprint density at radius 3 is 2.50 bits per heavy atom. The molecule has 1 saturated heterocycles. The SMILES string of the molecule is CCC1(O)CN(CCCCO)C1. The van der Waals surface area contributed by atoms with Gasteiger partial charge in [-0.1, -0.05) is 6.92 Å². The highest BCUT2D eigenvalue weighted by Gasteiger charge is 2.38. The number of hydrogen-bond acceptors (Lipinski definition) is 3.